The van der Waals surface area contributed by atoms with Gasteiger partial charge in [0.15, 0.2) is 0 Å². The number of carbonyl (C=O) groups is 1. The number of fused-ring (bicyclic) bond motifs is 1. The minimum Gasteiger partial charge on any atom is -0.466 e. The summed E-state index contributed by atoms with van der Waals surface area (Å²) in [5, 5.41) is 0. The highest BCUT2D eigenvalue weighted by molar-refractivity contribution is 5.79. The molecule has 0 N–H and O–H groups in total. The highest BCUT2D eigenvalue weighted by atomic mass is 16.5. The van der Waals surface area contributed by atoms with E-state index < -0.39 is 0 Å². The number of esters is 1. The van der Waals surface area contributed by atoms with E-state index in [4.69, 9.17) is 4.74 Å². The molecular formula is C16H24O2. The molecule has 2 atom stereocenters. The number of hydrogen-bond acceptors (Lipinski definition) is 2. The van der Waals surface area contributed by atoms with Crippen LogP contribution in [0.2, 0.25) is 0 Å². The third-order valence-corrected chi connectivity index (χ3v) is 4.43. The smallest absolute Gasteiger partial charge is 0.312 e. The molecule has 2 heteroatoms. The first-order chi connectivity index (χ1) is 8.73. The minimum atomic E-state index is -0.285. The third-order valence-electron chi connectivity index (χ3n) is 4.43. The fourth-order valence-electron chi connectivity index (χ4n) is 3.34. The second kappa shape index (κ2) is 5.73. The molecule has 2 unspecified atom stereocenters. The van der Waals surface area contributed by atoms with Crippen LogP contribution in [-0.2, 0) is 9.53 Å². The zero-order valence-corrected chi connectivity index (χ0v) is 11.6. The Morgan fingerprint density at radius 1 is 1.44 bits per heavy atom. The first-order valence-corrected chi connectivity index (χ1v) is 7.27. The van der Waals surface area contributed by atoms with Gasteiger partial charge >= 0.3 is 5.97 Å². The zero-order chi connectivity index (χ0) is 13.0. The maximum atomic E-state index is 12.4. The maximum absolute atomic E-state index is 12.4. The summed E-state index contributed by atoms with van der Waals surface area (Å²) < 4.78 is 5.34. The van der Waals surface area contributed by atoms with Crippen molar-refractivity contribution in [3.63, 3.8) is 0 Å². The van der Waals surface area contributed by atoms with Crippen LogP contribution in [0, 0.1) is 11.3 Å². The van der Waals surface area contributed by atoms with Gasteiger partial charge in [-0.3, -0.25) is 4.79 Å². The topological polar surface area (TPSA) is 26.3 Å². The van der Waals surface area contributed by atoms with Crippen LogP contribution in [0.3, 0.4) is 0 Å². The van der Waals surface area contributed by atoms with Gasteiger partial charge in [-0.15, -0.1) is 0 Å². The standard InChI is InChI=1S/C16H24O2/c1-3-16(15(17)18-4-2)12-13-9-7-5-6-8-10-14(16)11-13/h7,9,11,14H,3-6,8,10,12H2,1-2H3. The molecule has 0 aromatic heterocycles. The van der Waals surface area contributed by atoms with Crippen molar-refractivity contribution in [2.45, 2.75) is 52.4 Å². The average Bonchev–Trinajstić information content (AvgIpc) is 2.78. The van der Waals surface area contributed by atoms with Crippen molar-refractivity contribution in [3.8, 4) is 0 Å². The molecule has 2 nitrogen and oxygen atoms in total. The van der Waals surface area contributed by atoms with E-state index in [-0.39, 0.29) is 11.4 Å². The van der Waals surface area contributed by atoms with E-state index in [0.29, 0.717) is 12.5 Å². The lowest BCUT2D eigenvalue weighted by Crippen LogP contribution is -2.36. The Hall–Kier alpha value is -1.05. The van der Waals surface area contributed by atoms with Crippen LogP contribution in [0.5, 0.6) is 0 Å². The molecule has 0 aromatic rings. The monoisotopic (exact) mass is 248 g/mol. The van der Waals surface area contributed by atoms with Gasteiger partial charge in [-0.2, -0.15) is 0 Å². The van der Waals surface area contributed by atoms with Crippen molar-refractivity contribution in [3.05, 3.63) is 23.8 Å². The second-order valence-electron chi connectivity index (χ2n) is 5.44. The molecule has 2 bridgehead atoms. The molecule has 0 saturated carbocycles. The van der Waals surface area contributed by atoms with E-state index >= 15 is 0 Å². The Morgan fingerprint density at radius 2 is 2.28 bits per heavy atom. The predicted octanol–water partition coefficient (Wildman–Crippen LogP) is 4.02. The lowest BCUT2D eigenvalue weighted by molar-refractivity contribution is -0.157. The molecule has 0 spiro atoms. The molecule has 0 saturated heterocycles. The predicted molar refractivity (Wildman–Crippen MR) is 73.2 cm³/mol. The molecule has 0 heterocycles. The van der Waals surface area contributed by atoms with Gasteiger partial charge in [0.2, 0.25) is 0 Å². The highest BCUT2D eigenvalue weighted by Crippen LogP contribution is 2.49. The molecular weight excluding hydrogens is 224 g/mol. The van der Waals surface area contributed by atoms with Crippen LogP contribution in [-0.4, -0.2) is 12.6 Å². The van der Waals surface area contributed by atoms with Gasteiger partial charge in [-0.25, -0.2) is 0 Å². The van der Waals surface area contributed by atoms with Crippen LogP contribution >= 0.6 is 0 Å². The summed E-state index contributed by atoms with van der Waals surface area (Å²) in [6.45, 7) is 4.50. The third kappa shape index (κ3) is 2.38. The lowest BCUT2D eigenvalue weighted by atomic mass is 9.72. The largest absolute Gasteiger partial charge is 0.466 e. The molecule has 100 valence electrons. The van der Waals surface area contributed by atoms with Crippen LogP contribution in [0.15, 0.2) is 23.8 Å². The van der Waals surface area contributed by atoms with E-state index in [1.165, 1.54) is 24.8 Å². The molecule has 2 rings (SSSR count). The SMILES string of the molecule is CCOC(=O)C1(CC)CC2=CC1CCCCC=C2. The van der Waals surface area contributed by atoms with E-state index in [9.17, 15) is 4.79 Å². The molecule has 0 amide bonds. The van der Waals surface area contributed by atoms with Crippen LogP contribution in [0.25, 0.3) is 0 Å². The van der Waals surface area contributed by atoms with Crippen molar-refractivity contribution in [2.24, 2.45) is 11.3 Å². The number of ether oxygens (including phenoxy) is 1. The van der Waals surface area contributed by atoms with Crippen molar-refractivity contribution in [2.75, 3.05) is 6.61 Å². The molecule has 0 radical (unpaired) electrons. The van der Waals surface area contributed by atoms with Crippen molar-refractivity contribution in [1.29, 1.82) is 0 Å². The average molecular weight is 248 g/mol. The molecule has 0 fully saturated rings. The number of hydrogen-bond donors (Lipinski definition) is 0. The van der Waals surface area contributed by atoms with Crippen LogP contribution in [0.1, 0.15) is 52.4 Å². The van der Waals surface area contributed by atoms with Crippen molar-refractivity contribution >= 4 is 5.97 Å². The van der Waals surface area contributed by atoms with Gasteiger partial charge in [0.25, 0.3) is 0 Å². The van der Waals surface area contributed by atoms with Gasteiger partial charge in [-0.1, -0.05) is 37.1 Å². The quantitative estimate of drug-likeness (QED) is 0.705. The summed E-state index contributed by atoms with van der Waals surface area (Å²) in [6, 6.07) is 0. The first-order valence-electron chi connectivity index (χ1n) is 7.27. The Kier molecular flexibility index (Phi) is 4.26. The summed E-state index contributed by atoms with van der Waals surface area (Å²) in [4.78, 5) is 12.4. The molecule has 2 aliphatic rings. The molecule has 0 aliphatic heterocycles. The van der Waals surface area contributed by atoms with E-state index in [1.807, 2.05) is 6.92 Å². The fourth-order valence-corrected chi connectivity index (χ4v) is 3.34. The summed E-state index contributed by atoms with van der Waals surface area (Å²) in [7, 11) is 0. The number of allylic oxidation sites excluding steroid dienone is 4. The Labute approximate surface area is 110 Å². The highest BCUT2D eigenvalue weighted by Gasteiger charge is 2.47. The first kappa shape index (κ1) is 13.4. The second-order valence-corrected chi connectivity index (χ2v) is 5.44. The molecule has 0 aromatic carbocycles. The van der Waals surface area contributed by atoms with Gasteiger partial charge in [0, 0.05) is 0 Å². The van der Waals surface area contributed by atoms with Gasteiger partial charge in [-0.05, 0) is 44.9 Å². The summed E-state index contributed by atoms with van der Waals surface area (Å²) >= 11 is 0. The Bertz CT molecular complexity index is 367. The normalized spacial score (nSPS) is 31.2. The van der Waals surface area contributed by atoms with Gasteiger partial charge in [0.05, 0.1) is 12.0 Å². The summed E-state index contributed by atoms with van der Waals surface area (Å²) in [5.41, 5.74) is 1.05. The molecule has 2 aliphatic carbocycles. The van der Waals surface area contributed by atoms with Gasteiger partial charge in [0.1, 0.15) is 0 Å². The Morgan fingerprint density at radius 3 is 3.00 bits per heavy atom. The van der Waals surface area contributed by atoms with Crippen molar-refractivity contribution in [1.82, 2.24) is 0 Å². The van der Waals surface area contributed by atoms with E-state index in [2.05, 4.69) is 25.2 Å². The molecule has 18 heavy (non-hydrogen) atoms. The van der Waals surface area contributed by atoms with Crippen molar-refractivity contribution < 1.29 is 9.53 Å². The van der Waals surface area contributed by atoms with E-state index in [0.717, 1.165) is 19.3 Å². The van der Waals surface area contributed by atoms with Crippen LogP contribution < -0.4 is 0 Å². The minimum absolute atomic E-state index is 0.0118. The maximum Gasteiger partial charge on any atom is 0.312 e. The van der Waals surface area contributed by atoms with Crippen LogP contribution in [0.4, 0.5) is 0 Å². The zero-order valence-electron chi connectivity index (χ0n) is 11.6. The Balaban J connectivity index is 2.24. The summed E-state index contributed by atoms with van der Waals surface area (Å²) in [6.07, 6.45) is 13.3. The van der Waals surface area contributed by atoms with E-state index in [1.54, 1.807) is 0 Å². The summed E-state index contributed by atoms with van der Waals surface area (Å²) in [5.74, 6) is 0.386. The lowest BCUT2D eigenvalue weighted by Gasteiger charge is -2.32. The fraction of sp³-hybridized carbons (Fsp3) is 0.688. The number of rotatable bonds is 3. The van der Waals surface area contributed by atoms with Gasteiger partial charge < -0.3 is 4.74 Å². The number of carbonyl (C=O) groups excluding carboxylic acids is 1.